The second-order valence-electron chi connectivity index (χ2n) is 10.3. The van der Waals surface area contributed by atoms with Crippen LogP contribution in [0, 0.1) is 0 Å². The maximum Gasteiger partial charge on any atom is 0.239 e. The Hall–Kier alpha value is -3.71. The first kappa shape index (κ1) is 30.7. The maximum absolute atomic E-state index is 13.6. The second kappa shape index (κ2) is 11.8. The zero-order valence-electron chi connectivity index (χ0n) is 22.3. The Kier molecular flexibility index (Phi) is 8.41. The van der Waals surface area contributed by atoms with E-state index >= 15 is 0 Å². The van der Waals surface area contributed by atoms with Crippen LogP contribution in [0.5, 0.6) is 28.7 Å². The number of hydrogen-bond acceptors (Lipinski definition) is 16. The van der Waals surface area contributed by atoms with Crippen LogP contribution in [0.25, 0.3) is 22.3 Å². The molecular formula is C27H30O16. The van der Waals surface area contributed by atoms with Gasteiger partial charge >= 0.3 is 0 Å². The first-order chi connectivity index (χ1) is 20.3. The van der Waals surface area contributed by atoms with Crippen molar-refractivity contribution in [3.8, 4) is 40.1 Å². The summed E-state index contributed by atoms with van der Waals surface area (Å²) in [5.41, 5.74) is -1.35. The summed E-state index contributed by atoms with van der Waals surface area (Å²) < 4.78 is 27.8. The summed E-state index contributed by atoms with van der Waals surface area (Å²) in [6, 6.07) is 5.24. The number of fused-ring (bicyclic) bond motifs is 1. The summed E-state index contributed by atoms with van der Waals surface area (Å²) in [5.74, 6) is -3.33. The Labute approximate surface area is 241 Å². The number of benzene rings is 2. The fourth-order valence-electron chi connectivity index (χ4n) is 4.84. The first-order valence-electron chi connectivity index (χ1n) is 13.0. The van der Waals surface area contributed by atoms with Crippen molar-refractivity contribution in [2.75, 3.05) is 6.61 Å². The molecule has 10 atom stereocenters. The molecule has 10 N–H and O–H groups in total. The van der Waals surface area contributed by atoms with Crippen molar-refractivity contribution in [3.63, 3.8) is 0 Å². The molecule has 3 aromatic rings. The average Bonchev–Trinajstić information content (AvgIpc) is 2.96. The largest absolute Gasteiger partial charge is 0.508 e. The van der Waals surface area contributed by atoms with Crippen molar-refractivity contribution >= 4 is 11.0 Å². The van der Waals surface area contributed by atoms with Crippen LogP contribution in [0.4, 0.5) is 0 Å². The van der Waals surface area contributed by atoms with Crippen LogP contribution in [-0.4, -0.2) is 119 Å². The van der Waals surface area contributed by atoms with E-state index in [1.54, 1.807) is 0 Å². The first-order valence-corrected chi connectivity index (χ1v) is 13.0. The molecule has 0 unspecified atom stereocenters. The number of phenolic OH excluding ortho intramolecular Hbond substituents is 4. The minimum Gasteiger partial charge on any atom is -0.508 e. The molecule has 5 rings (SSSR count). The van der Waals surface area contributed by atoms with Crippen LogP contribution in [0.3, 0.4) is 0 Å². The van der Waals surface area contributed by atoms with E-state index in [9.17, 15) is 55.9 Å². The normalized spacial score (nSPS) is 33.0. The number of hydrogen-bond donors (Lipinski definition) is 10. The van der Waals surface area contributed by atoms with Crippen molar-refractivity contribution in [2.45, 2.75) is 68.3 Å². The molecule has 3 heterocycles. The van der Waals surface area contributed by atoms with Gasteiger partial charge in [-0.2, -0.15) is 0 Å². The monoisotopic (exact) mass is 610 g/mol. The highest BCUT2D eigenvalue weighted by Crippen LogP contribution is 2.39. The summed E-state index contributed by atoms with van der Waals surface area (Å²) in [7, 11) is 0. The van der Waals surface area contributed by atoms with E-state index < -0.39 is 113 Å². The molecular weight excluding hydrogens is 580 g/mol. The van der Waals surface area contributed by atoms with Gasteiger partial charge in [0.2, 0.25) is 17.5 Å². The van der Waals surface area contributed by atoms with E-state index in [1.807, 2.05) is 0 Å². The van der Waals surface area contributed by atoms with Crippen molar-refractivity contribution in [3.05, 3.63) is 40.6 Å². The second-order valence-corrected chi connectivity index (χ2v) is 10.3. The summed E-state index contributed by atoms with van der Waals surface area (Å²) >= 11 is 0. The molecule has 16 nitrogen and oxygen atoms in total. The van der Waals surface area contributed by atoms with Gasteiger partial charge in [-0.25, -0.2) is 0 Å². The highest BCUT2D eigenvalue weighted by atomic mass is 16.7. The van der Waals surface area contributed by atoms with Crippen LogP contribution in [-0.2, 0) is 14.2 Å². The predicted octanol–water partition coefficient (Wildman–Crippen LogP) is -1.69. The molecule has 0 aliphatic carbocycles. The Bertz CT molecular complexity index is 1540. The van der Waals surface area contributed by atoms with E-state index in [0.29, 0.717) is 0 Å². The third-order valence-electron chi connectivity index (χ3n) is 7.29. The Morgan fingerprint density at radius 2 is 1.42 bits per heavy atom. The fraction of sp³-hybridized carbons (Fsp3) is 0.444. The number of rotatable bonds is 6. The lowest BCUT2D eigenvalue weighted by Crippen LogP contribution is -2.61. The van der Waals surface area contributed by atoms with Crippen molar-refractivity contribution < 1.29 is 74.4 Å². The van der Waals surface area contributed by atoms with E-state index in [-0.39, 0.29) is 11.1 Å². The highest BCUT2D eigenvalue weighted by Gasteiger charge is 2.47. The minimum atomic E-state index is -1.97. The minimum absolute atomic E-state index is 0.0313. The molecule has 2 aromatic carbocycles. The Balaban J connectivity index is 1.48. The Morgan fingerprint density at radius 1 is 0.744 bits per heavy atom. The molecule has 2 saturated heterocycles. The molecule has 0 spiro atoms. The van der Waals surface area contributed by atoms with Crippen LogP contribution in [0.1, 0.15) is 6.92 Å². The van der Waals surface area contributed by atoms with Crippen molar-refractivity contribution in [2.24, 2.45) is 0 Å². The van der Waals surface area contributed by atoms with Crippen molar-refractivity contribution in [1.29, 1.82) is 0 Å². The van der Waals surface area contributed by atoms with Gasteiger partial charge in [-0.15, -0.1) is 0 Å². The third-order valence-corrected chi connectivity index (χ3v) is 7.29. The molecule has 2 aliphatic rings. The standard InChI is InChI=1S/C27H30O16/c1-8-17(32)20(35)22(37)26(40-8)39-7-15-18(33)21(36)23(38)27(42-15)43-25-19(34)16-13(31)5-10(28)6-14(16)41-24(25)9-2-3-11(29)12(30)4-9/h2-6,8,15,17-18,20-23,26-33,35-38H,7H2,1H3/t8-,15+,17-,18-,20-,21-,22+,23+,26+,27+/m1/s1. The van der Waals surface area contributed by atoms with Crippen molar-refractivity contribution in [1.82, 2.24) is 0 Å². The molecule has 16 heteroatoms. The van der Waals surface area contributed by atoms with Crippen LogP contribution in [0.15, 0.2) is 39.5 Å². The predicted molar refractivity (Wildman–Crippen MR) is 140 cm³/mol. The molecule has 2 fully saturated rings. The number of aromatic hydroxyl groups is 4. The number of phenols is 4. The topological polar surface area (TPSA) is 269 Å². The van der Waals surface area contributed by atoms with Crippen LogP contribution < -0.4 is 10.2 Å². The number of aliphatic hydroxyl groups excluding tert-OH is 6. The fourth-order valence-corrected chi connectivity index (χ4v) is 4.84. The molecule has 2 aliphatic heterocycles. The molecule has 43 heavy (non-hydrogen) atoms. The molecule has 0 saturated carbocycles. The molecule has 234 valence electrons. The average molecular weight is 611 g/mol. The van der Waals surface area contributed by atoms with Gasteiger partial charge in [-0.3, -0.25) is 4.79 Å². The van der Waals surface area contributed by atoms with Gasteiger partial charge in [0.15, 0.2) is 23.5 Å². The lowest BCUT2D eigenvalue weighted by molar-refractivity contribution is -0.318. The van der Waals surface area contributed by atoms with Gasteiger partial charge in [-0.1, -0.05) is 0 Å². The van der Waals surface area contributed by atoms with E-state index in [0.717, 1.165) is 24.3 Å². The van der Waals surface area contributed by atoms with Gasteiger partial charge in [-0.05, 0) is 25.1 Å². The number of aliphatic hydroxyl groups is 6. The van der Waals surface area contributed by atoms with E-state index in [1.165, 1.54) is 13.0 Å². The van der Waals surface area contributed by atoms with Crippen LogP contribution >= 0.6 is 0 Å². The SMILES string of the molecule is C[C@H]1O[C@H](OC[C@@H]2O[C@@H](Oc3c(-c4ccc(O)c(O)c4)oc4cc(O)cc(O)c4c3=O)[C@@H](O)[C@H](O)[C@@H]2O)[C@@H](O)[C@H](O)[C@@H]1O. The molecule has 0 radical (unpaired) electrons. The van der Waals surface area contributed by atoms with Gasteiger partial charge in [0.05, 0.1) is 12.7 Å². The summed E-state index contributed by atoms with van der Waals surface area (Å²) in [6.07, 6.45) is -16.2. The number of ether oxygens (including phenoxy) is 4. The molecule has 0 bridgehead atoms. The zero-order chi connectivity index (χ0) is 31.3. The summed E-state index contributed by atoms with van der Waals surface area (Å²) in [5, 5.41) is 101. The van der Waals surface area contributed by atoms with Gasteiger partial charge in [0.1, 0.15) is 65.2 Å². The lowest BCUT2D eigenvalue weighted by atomic mass is 9.98. The zero-order valence-corrected chi connectivity index (χ0v) is 22.3. The third kappa shape index (κ3) is 5.67. The Morgan fingerprint density at radius 3 is 2.12 bits per heavy atom. The van der Waals surface area contributed by atoms with Gasteiger partial charge < -0.3 is 74.4 Å². The van der Waals surface area contributed by atoms with Gasteiger partial charge in [0, 0.05) is 17.7 Å². The smallest absolute Gasteiger partial charge is 0.239 e. The maximum atomic E-state index is 13.6. The van der Waals surface area contributed by atoms with Crippen LogP contribution in [0.2, 0.25) is 0 Å². The summed E-state index contributed by atoms with van der Waals surface area (Å²) in [6.45, 7) is 0.818. The van der Waals surface area contributed by atoms with E-state index in [2.05, 4.69) is 0 Å². The van der Waals surface area contributed by atoms with E-state index in [4.69, 9.17) is 23.4 Å². The quantitative estimate of drug-likeness (QED) is 0.140. The lowest BCUT2D eigenvalue weighted by Gasteiger charge is -2.42. The molecule has 0 amide bonds. The summed E-state index contributed by atoms with van der Waals surface area (Å²) in [4.78, 5) is 13.6. The highest BCUT2D eigenvalue weighted by molar-refractivity contribution is 5.88. The van der Waals surface area contributed by atoms with Gasteiger partial charge in [0.25, 0.3) is 0 Å². The molecule has 1 aromatic heterocycles.